The molecule has 1 aliphatic carbocycles. The molecule has 0 radical (unpaired) electrons. The predicted octanol–water partition coefficient (Wildman–Crippen LogP) is 2.90. The SMILES string of the molecule is CCSC1CCC(NCC(=O)Nc2cccc(OC)c2)C1. The van der Waals surface area contributed by atoms with Gasteiger partial charge >= 0.3 is 0 Å². The number of carbonyl (C=O) groups is 1. The Kier molecular flexibility index (Phi) is 6.39. The third kappa shape index (κ3) is 5.25. The molecule has 2 N–H and O–H groups in total. The Hall–Kier alpha value is -1.20. The summed E-state index contributed by atoms with van der Waals surface area (Å²) in [5, 5.41) is 7.01. The molecule has 2 rings (SSSR count). The van der Waals surface area contributed by atoms with E-state index in [4.69, 9.17) is 4.74 Å². The fourth-order valence-electron chi connectivity index (χ4n) is 2.66. The van der Waals surface area contributed by atoms with Crippen LogP contribution in [0.2, 0.25) is 0 Å². The van der Waals surface area contributed by atoms with Gasteiger partial charge in [0.25, 0.3) is 0 Å². The minimum absolute atomic E-state index is 0.00477. The van der Waals surface area contributed by atoms with Crippen molar-refractivity contribution >= 4 is 23.4 Å². The minimum atomic E-state index is -0.00477. The number of carbonyl (C=O) groups excluding carboxylic acids is 1. The smallest absolute Gasteiger partial charge is 0.238 e. The van der Waals surface area contributed by atoms with Crippen molar-refractivity contribution in [3.05, 3.63) is 24.3 Å². The highest BCUT2D eigenvalue weighted by Crippen LogP contribution is 2.29. The van der Waals surface area contributed by atoms with Crippen LogP contribution in [-0.2, 0) is 4.79 Å². The number of hydrogen-bond donors (Lipinski definition) is 2. The molecule has 2 atom stereocenters. The molecule has 1 aromatic carbocycles. The minimum Gasteiger partial charge on any atom is -0.497 e. The van der Waals surface area contributed by atoms with Crippen LogP contribution in [0, 0.1) is 0 Å². The lowest BCUT2D eigenvalue weighted by Gasteiger charge is -2.13. The Morgan fingerprint density at radius 1 is 1.43 bits per heavy atom. The van der Waals surface area contributed by atoms with E-state index >= 15 is 0 Å². The van der Waals surface area contributed by atoms with Crippen LogP contribution in [0.15, 0.2) is 24.3 Å². The lowest BCUT2D eigenvalue weighted by Crippen LogP contribution is -2.34. The van der Waals surface area contributed by atoms with Gasteiger partial charge in [0, 0.05) is 23.0 Å². The first-order chi connectivity index (χ1) is 10.2. The summed E-state index contributed by atoms with van der Waals surface area (Å²) in [4.78, 5) is 12.0. The molecule has 0 aromatic heterocycles. The van der Waals surface area contributed by atoms with Gasteiger partial charge in [0.2, 0.25) is 5.91 Å². The molecule has 2 unspecified atom stereocenters. The van der Waals surface area contributed by atoms with E-state index in [2.05, 4.69) is 17.6 Å². The zero-order valence-electron chi connectivity index (χ0n) is 12.7. The van der Waals surface area contributed by atoms with Crippen molar-refractivity contribution in [1.29, 1.82) is 0 Å². The largest absolute Gasteiger partial charge is 0.497 e. The Morgan fingerprint density at radius 3 is 3.05 bits per heavy atom. The number of rotatable bonds is 7. The van der Waals surface area contributed by atoms with Crippen LogP contribution < -0.4 is 15.4 Å². The van der Waals surface area contributed by atoms with E-state index < -0.39 is 0 Å². The fraction of sp³-hybridized carbons (Fsp3) is 0.562. The highest BCUT2D eigenvalue weighted by Gasteiger charge is 2.24. The van der Waals surface area contributed by atoms with Gasteiger partial charge in [-0.05, 0) is 37.1 Å². The van der Waals surface area contributed by atoms with Gasteiger partial charge in [0.1, 0.15) is 5.75 Å². The van der Waals surface area contributed by atoms with Crippen LogP contribution in [0.5, 0.6) is 5.75 Å². The average Bonchev–Trinajstić information content (AvgIpc) is 2.93. The van der Waals surface area contributed by atoms with Crippen LogP contribution in [0.25, 0.3) is 0 Å². The first-order valence-electron chi connectivity index (χ1n) is 7.50. The first-order valence-corrected chi connectivity index (χ1v) is 8.55. The number of benzene rings is 1. The van der Waals surface area contributed by atoms with Gasteiger partial charge in [0.05, 0.1) is 13.7 Å². The lowest BCUT2D eigenvalue weighted by atomic mass is 10.2. The highest BCUT2D eigenvalue weighted by atomic mass is 32.2. The van der Waals surface area contributed by atoms with E-state index in [-0.39, 0.29) is 5.91 Å². The molecular formula is C16H24N2O2S. The van der Waals surface area contributed by atoms with E-state index in [9.17, 15) is 4.79 Å². The Balaban J connectivity index is 1.72. The third-order valence-electron chi connectivity index (χ3n) is 3.69. The second-order valence-corrected chi connectivity index (χ2v) is 6.83. The van der Waals surface area contributed by atoms with Crippen molar-refractivity contribution in [2.24, 2.45) is 0 Å². The van der Waals surface area contributed by atoms with Gasteiger partial charge in [-0.15, -0.1) is 0 Å². The Bertz CT molecular complexity index is 467. The molecule has 5 heteroatoms. The summed E-state index contributed by atoms with van der Waals surface area (Å²) in [5.41, 5.74) is 0.770. The standard InChI is InChI=1S/C16H24N2O2S/c1-3-21-15-8-7-12(10-15)17-11-16(19)18-13-5-4-6-14(9-13)20-2/h4-6,9,12,15,17H,3,7-8,10-11H2,1-2H3,(H,18,19). The number of ether oxygens (including phenoxy) is 1. The molecule has 4 nitrogen and oxygen atoms in total. The van der Waals surface area contributed by atoms with Crippen molar-refractivity contribution in [3.63, 3.8) is 0 Å². The second-order valence-electron chi connectivity index (χ2n) is 5.25. The predicted molar refractivity (Wildman–Crippen MR) is 89.2 cm³/mol. The zero-order chi connectivity index (χ0) is 15.1. The van der Waals surface area contributed by atoms with Crippen LogP contribution in [0.4, 0.5) is 5.69 Å². The third-order valence-corrected chi connectivity index (χ3v) is 4.92. The molecule has 1 amide bonds. The number of thioether (sulfide) groups is 1. The Labute approximate surface area is 131 Å². The maximum Gasteiger partial charge on any atom is 0.238 e. The maximum absolute atomic E-state index is 12.0. The monoisotopic (exact) mass is 308 g/mol. The molecule has 0 saturated heterocycles. The first kappa shape index (κ1) is 16.2. The average molecular weight is 308 g/mol. The van der Waals surface area contributed by atoms with Crippen molar-refractivity contribution in [3.8, 4) is 5.75 Å². The van der Waals surface area contributed by atoms with Crippen LogP contribution in [0.1, 0.15) is 26.2 Å². The van der Waals surface area contributed by atoms with E-state index in [0.717, 1.165) is 16.7 Å². The summed E-state index contributed by atoms with van der Waals surface area (Å²) in [6, 6.07) is 7.89. The number of hydrogen-bond acceptors (Lipinski definition) is 4. The number of amides is 1. The molecule has 1 saturated carbocycles. The molecular weight excluding hydrogens is 284 g/mol. The number of nitrogens with one attached hydrogen (secondary N) is 2. The van der Waals surface area contributed by atoms with Crippen LogP contribution in [-0.4, -0.2) is 36.6 Å². The summed E-state index contributed by atoms with van der Waals surface area (Å²) in [7, 11) is 1.62. The lowest BCUT2D eigenvalue weighted by molar-refractivity contribution is -0.115. The molecule has 116 valence electrons. The van der Waals surface area contributed by atoms with E-state index in [1.54, 1.807) is 7.11 Å². The molecule has 0 spiro atoms. The summed E-state index contributed by atoms with van der Waals surface area (Å²) >= 11 is 2.03. The molecule has 1 fully saturated rings. The van der Waals surface area contributed by atoms with Crippen LogP contribution in [0.3, 0.4) is 0 Å². The van der Waals surface area contributed by atoms with Crippen molar-refractivity contribution in [2.75, 3.05) is 24.7 Å². The summed E-state index contributed by atoms with van der Waals surface area (Å²) in [6.45, 7) is 2.57. The topological polar surface area (TPSA) is 50.4 Å². The van der Waals surface area contributed by atoms with Gasteiger partial charge < -0.3 is 15.4 Å². The molecule has 0 aliphatic heterocycles. The molecule has 1 aromatic rings. The van der Waals surface area contributed by atoms with Gasteiger partial charge in [-0.25, -0.2) is 0 Å². The van der Waals surface area contributed by atoms with Crippen LogP contribution >= 0.6 is 11.8 Å². The van der Waals surface area contributed by atoms with E-state index in [1.807, 2.05) is 36.0 Å². The molecule has 1 aliphatic rings. The van der Waals surface area contributed by atoms with Crippen molar-refractivity contribution in [2.45, 2.75) is 37.5 Å². The van der Waals surface area contributed by atoms with Gasteiger partial charge in [-0.2, -0.15) is 11.8 Å². The summed E-state index contributed by atoms with van der Waals surface area (Å²) in [5.74, 6) is 1.92. The van der Waals surface area contributed by atoms with Crippen molar-refractivity contribution in [1.82, 2.24) is 5.32 Å². The highest BCUT2D eigenvalue weighted by molar-refractivity contribution is 7.99. The number of methoxy groups -OCH3 is 1. The summed E-state index contributed by atoms with van der Waals surface area (Å²) in [6.07, 6.45) is 3.60. The normalized spacial score (nSPS) is 21.2. The number of anilines is 1. The zero-order valence-corrected chi connectivity index (χ0v) is 13.5. The Morgan fingerprint density at radius 2 is 2.29 bits per heavy atom. The van der Waals surface area contributed by atoms with E-state index in [0.29, 0.717) is 12.6 Å². The van der Waals surface area contributed by atoms with Crippen molar-refractivity contribution < 1.29 is 9.53 Å². The van der Waals surface area contributed by atoms with Gasteiger partial charge in [-0.3, -0.25) is 4.79 Å². The fourth-order valence-corrected chi connectivity index (χ4v) is 3.80. The van der Waals surface area contributed by atoms with Gasteiger partial charge in [0.15, 0.2) is 0 Å². The molecule has 0 bridgehead atoms. The maximum atomic E-state index is 12.0. The molecule has 0 heterocycles. The molecule has 21 heavy (non-hydrogen) atoms. The second kappa shape index (κ2) is 8.29. The summed E-state index contributed by atoms with van der Waals surface area (Å²) < 4.78 is 5.14. The van der Waals surface area contributed by atoms with E-state index in [1.165, 1.54) is 25.0 Å². The quantitative estimate of drug-likeness (QED) is 0.813. The van der Waals surface area contributed by atoms with Gasteiger partial charge in [-0.1, -0.05) is 13.0 Å².